The standard InChI is InChI=1S/C13H24N2O2/c1-11-3-2-7-15(8-4-11)12(16)13(14)5-9-17-10-6-13/h11H,2-10,14H2,1H3. The number of nitrogens with two attached hydrogens (primary N) is 1. The van der Waals surface area contributed by atoms with Crippen molar-refractivity contribution in [2.75, 3.05) is 26.3 Å². The number of carbonyl (C=O) groups excluding carboxylic acids is 1. The molecule has 4 nitrogen and oxygen atoms in total. The molecule has 1 amide bonds. The second kappa shape index (κ2) is 5.36. The first-order valence-electron chi connectivity index (χ1n) is 6.78. The van der Waals surface area contributed by atoms with Crippen LogP contribution in [0.1, 0.15) is 39.0 Å². The summed E-state index contributed by atoms with van der Waals surface area (Å²) in [7, 11) is 0. The minimum atomic E-state index is -0.661. The molecule has 2 aliphatic heterocycles. The van der Waals surface area contributed by atoms with E-state index in [9.17, 15) is 4.79 Å². The lowest BCUT2D eigenvalue weighted by Crippen LogP contribution is -2.58. The molecular formula is C13H24N2O2. The van der Waals surface area contributed by atoms with Crippen LogP contribution >= 0.6 is 0 Å². The molecule has 1 unspecified atom stereocenters. The molecule has 2 rings (SSSR count). The highest BCUT2D eigenvalue weighted by atomic mass is 16.5. The smallest absolute Gasteiger partial charge is 0.242 e. The molecule has 2 aliphatic rings. The van der Waals surface area contributed by atoms with Crippen LogP contribution in [0.25, 0.3) is 0 Å². The van der Waals surface area contributed by atoms with E-state index < -0.39 is 5.54 Å². The van der Waals surface area contributed by atoms with E-state index in [0.29, 0.717) is 26.1 Å². The molecule has 2 N–H and O–H groups in total. The van der Waals surface area contributed by atoms with Gasteiger partial charge in [0.15, 0.2) is 0 Å². The molecule has 0 aliphatic carbocycles. The van der Waals surface area contributed by atoms with E-state index in [1.807, 2.05) is 4.90 Å². The second-order valence-corrected chi connectivity index (χ2v) is 5.60. The second-order valence-electron chi connectivity index (χ2n) is 5.60. The van der Waals surface area contributed by atoms with Gasteiger partial charge >= 0.3 is 0 Å². The zero-order chi connectivity index (χ0) is 12.3. The third kappa shape index (κ3) is 2.99. The van der Waals surface area contributed by atoms with Gasteiger partial charge in [-0.1, -0.05) is 6.92 Å². The topological polar surface area (TPSA) is 55.6 Å². The number of rotatable bonds is 1. The van der Waals surface area contributed by atoms with Gasteiger partial charge in [0, 0.05) is 26.3 Å². The summed E-state index contributed by atoms with van der Waals surface area (Å²) in [5.41, 5.74) is 5.59. The molecule has 2 fully saturated rings. The first-order valence-corrected chi connectivity index (χ1v) is 6.78. The maximum absolute atomic E-state index is 12.5. The summed E-state index contributed by atoms with van der Waals surface area (Å²) in [6, 6.07) is 0. The predicted octanol–water partition coefficient (Wildman–Crippen LogP) is 1.14. The molecule has 1 atom stereocenters. The average molecular weight is 240 g/mol. The van der Waals surface area contributed by atoms with Crippen LogP contribution in [0.5, 0.6) is 0 Å². The molecule has 0 bridgehead atoms. The third-order valence-electron chi connectivity index (χ3n) is 4.11. The van der Waals surface area contributed by atoms with Crippen molar-refractivity contribution in [3.8, 4) is 0 Å². The summed E-state index contributed by atoms with van der Waals surface area (Å²) in [6.45, 7) is 5.25. The third-order valence-corrected chi connectivity index (χ3v) is 4.11. The molecule has 4 heteroatoms. The molecule has 98 valence electrons. The maximum Gasteiger partial charge on any atom is 0.242 e. The summed E-state index contributed by atoms with van der Waals surface area (Å²) in [4.78, 5) is 14.5. The SMILES string of the molecule is CC1CCCN(C(=O)C2(N)CCOCC2)CC1. The molecule has 0 radical (unpaired) electrons. The normalized spacial score (nSPS) is 29.8. The monoisotopic (exact) mass is 240 g/mol. The van der Waals surface area contributed by atoms with Crippen molar-refractivity contribution >= 4 is 5.91 Å². The van der Waals surface area contributed by atoms with E-state index in [-0.39, 0.29) is 5.91 Å². The number of hydrogen-bond donors (Lipinski definition) is 1. The van der Waals surface area contributed by atoms with Gasteiger partial charge in [-0.25, -0.2) is 0 Å². The Morgan fingerprint density at radius 2 is 2.00 bits per heavy atom. The first kappa shape index (κ1) is 12.8. The van der Waals surface area contributed by atoms with E-state index >= 15 is 0 Å². The van der Waals surface area contributed by atoms with Gasteiger partial charge in [0.25, 0.3) is 0 Å². The van der Waals surface area contributed by atoms with Crippen LogP contribution in [0.15, 0.2) is 0 Å². The summed E-state index contributed by atoms with van der Waals surface area (Å²) < 4.78 is 5.29. The van der Waals surface area contributed by atoms with Crippen molar-refractivity contribution in [2.45, 2.75) is 44.6 Å². The van der Waals surface area contributed by atoms with Crippen molar-refractivity contribution < 1.29 is 9.53 Å². The van der Waals surface area contributed by atoms with Crippen LogP contribution in [-0.2, 0) is 9.53 Å². The lowest BCUT2D eigenvalue weighted by Gasteiger charge is -2.36. The van der Waals surface area contributed by atoms with E-state index in [0.717, 1.165) is 31.8 Å². The van der Waals surface area contributed by atoms with Crippen molar-refractivity contribution in [1.29, 1.82) is 0 Å². The number of carbonyl (C=O) groups is 1. The Morgan fingerprint density at radius 3 is 2.71 bits per heavy atom. The highest BCUT2D eigenvalue weighted by Crippen LogP contribution is 2.23. The zero-order valence-electron chi connectivity index (χ0n) is 10.8. The summed E-state index contributed by atoms with van der Waals surface area (Å²) >= 11 is 0. The summed E-state index contributed by atoms with van der Waals surface area (Å²) in [5.74, 6) is 0.881. The molecular weight excluding hydrogens is 216 g/mol. The highest BCUT2D eigenvalue weighted by Gasteiger charge is 2.39. The molecule has 0 aromatic rings. The molecule has 2 heterocycles. The molecule has 0 spiro atoms. The summed E-state index contributed by atoms with van der Waals surface area (Å²) in [5, 5.41) is 0. The fraction of sp³-hybridized carbons (Fsp3) is 0.923. The molecule has 17 heavy (non-hydrogen) atoms. The van der Waals surface area contributed by atoms with Gasteiger partial charge in [-0.05, 0) is 38.0 Å². The maximum atomic E-state index is 12.5. The van der Waals surface area contributed by atoms with E-state index in [2.05, 4.69) is 6.92 Å². The lowest BCUT2D eigenvalue weighted by atomic mass is 9.89. The predicted molar refractivity (Wildman–Crippen MR) is 66.6 cm³/mol. The van der Waals surface area contributed by atoms with E-state index in [1.165, 1.54) is 6.42 Å². The van der Waals surface area contributed by atoms with Gasteiger partial charge in [0.1, 0.15) is 0 Å². The number of amides is 1. The Kier molecular flexibility index (Phi) is 4.05. The van der Waals surface area contributed by atoms with Crippen molar-refractivity contribution in [3.63, 3.8) is 0 Å². The van der Waals surface area contributed by atoms with Crippen LogP contribution in [0.2, 0.25) is 0 Å². The number of ether oxygens (including phenoxy) is 1. The van der Waals surface area contributed by atoms with Crippen LogP contribution in [0.4, 0.5) is 0 Å². The van der Waals surface area contributed by atoms with Gasteiger partial charge in [-0.15, -0.1) is 0 Å². The Balaban J connectivity index is 1.98. The quantitative estimate of drug-likeness (QED) is 0.748. The van der Waals surface area contributed by atoms with E-state index in [1.54, 1.807) is 0 Å². The van der Waals surface area contributed by atoms with Gasteiger partial charge in [-0.2, -0.15) is 0 Å². The average Bonchev–Trinajstić information content (AvgIpc) is 2.54. The number of likely N-dealkylation sites (tertiary alicyclic amines) is 1. The first-order chi connectivity index (χ1) is 8.12. The van der Waals surface area contributed by atoms with Gasteiger partial charge in [0.2, 0.25) is 5.91 Å². The van der Waals surface area contributed by atoms with Crippen LogP contribution in [-0.4, -0.2) is 42.6 Å². The van der Waals surface area contributed by atoms with Crippen molar-refractivity contribution in [2.24, 2.45) is 11.7 Å². The Bertz CT molecular complexity index is 275. The van der Waals surface area contributed by atoms with E-state index in [4.69, 9.17) is 10.5 Å². The lowest BCUT2D eigenvalue weighted by molar-refractivity contribution is -0.140. The molecule has 0 aromatic heterocycles. The number of nitrogens with zero attached hydrogens (tertiary/aromatic N) is 1. The Morgan fingerprint density at radius 1 is 1.29 bits per heavy atom. The fourth-order valence-corrected chi connectivity index (χ4v) is 2.73. The Labute approximate surface area is 103 Å². The molecule has 0 aromatic carbocycles. The van der Waals surface area contributed by atoms with Gasteiger partial charge in [0.05, 0.1) is 5.54 Å². The van der Waals surface area contributed by atoms with Gasteiger partial charge in [-0.3, -0.25) is 4.79 Å². The minimum absolute atomic E-state index is 0.148. The fourth-order valence-electron chi connectivity index (χ4n) is 2.73. The number of hydrogen-bond acceptors (Lipinski definition) is 3. The van der Waals surface area contributed by atoms with Crippen LogP contribution in [0.3, 0.4) is 0 Å². The largest absolute Gasteiger partial charge is 0.381 e. The Hall–Kier alpha value is -0.610. The molecule has 2 saturated heterocycles. The van der Waals surface area contributed by atoms with Crippen molar-refractivity contribution in [1.82, 2.24) is 4.90 Å². The van der Waals surface area contributed by atoms with Gasteiger partial charge < -0.3 is 15.4 Å². The van der Waals surface area contributed by atoms with Crippen LogP contribution < -0.4 is 5.73 Å². The highest BCUT2D eigenvalue weighted by molar-refractivity contribution is 5.86. The molecule has 0 saturated carbocycles. The van der Waals surface area contributed by atoms with Crippen molar-refractivity contribution in [3.05, 3.63) is 0 Å². The summed E-state index contributed by atoms with van der Waals surface area (Å²) in [6.07, 6.45) is 4.78. The van der Waals surface area contributed by atoms with Crippen LogP contribution in [0, 0.1) is 5.92 Å². The minimum Gasteiger partial charge on any atom is -0.381 e. The zero-order valence-corrected chi connectivity index (χ0v) is 10.8.